The normalized spacial score (nSPS) is 18.7. The maximum Gasteiger partial charge on any atom is 0.303 e. The van der Waals surface area contributed by atoms with Gasteiger partial charge in [-0.25, -0.2) is 4.39 Å². The number of carbonyl (C=O) groups is 2. The van der Waals surface area contributed by atoms with E-state index in [1.807, 2.05) is 25.2 Å². The number of hydrogen-bond donors (Lipinski definition) is 2. The molecular weight excluding hydrogens is 373 g/mol. The molecule has 1 aromatic carbocycles. The van der Waals surface area contributed by atoms with Crippen LogP contribution in [0, 0.1) is 12.7 Å². The number of likely N-dealkylation sites (tertiary alicyclic amines) is 1. The van der Waals surface area contributed by atoms with Crippen molar-refractivity contribution in [1.82, 2.24) is 4.90 Å². The van der Waals surface area contributed by atoms with E-state index in [1.165, 1.54) is 6.07 Å². The van der Waals surface area contributed by atoms with E-state index in [4.69, 9.17) is 5.11 Å². The molecule has 1 amide bonds. The van der Waals surface area contributed by atoms with Crippen molar-refractivity contribution in [2.24, 2.45) is 0 Å². The van der Waals surface area contributed by atoms with Crippen LogP contribution in [-0.4, -0.2) is 45.7 Å². The molecule has 1 unspecified atom stereocenters. The zero-order chi connectivity index (χ0) is 21.2. The van der Waals surface area contributed by atoms with Crippen molar-refractivity contribution < 1.29 is 24.2 Å². The highest BCUT2D eigenvalue weighted by molar-refractivity contribution is 5.77. The van der Waals surface area contributed by atoms with Crippen molar-refractivity contribution in [3.05, 3.63) is 59.4 Å². The molecule has 0 aromatic heterocycles. The molecule has 158 valence electrons. The van der Waals surface area contributed by atoms with E-state index in [1.54, 1.807) is 23.1 Å². The first-order chi connectivity index (χ1) is 13.9. The molecule has 29 heavy (non-hydrogen) atoms. The summed E-state index contributed by atoms with van der Waals surface area (Å²) in [5.74, 6) is -1.07. The van der Waals surface area contributed by atoms with Gasteiger partial charge < -0.3 is 15.1 Å². The molecule has 1 fully saturated rings. The van der Waals surface area contributed by atoms with Crippen LogP contribution in [0.1, 0.15) is 49.7 Å². The molecule has 1 aliphatic rings. The van der Waals surface area contributed by atoms with Gasteiger partial charge in [-0.15, -0.1) is 0 Å². The van der Waals surface area contributed by atoms with Gasteiger partial charge in [0.2, 0.25) is 5.91 Å². The van der Waals surface area contributed by atoms with Gasteiger partial charge in [0, 0.05) is 25.8 Å². The minimum atomic E-state index is -0.822. The summed E-state index contributed by atoms with van der Waals surface area (Å²) < 4.78 is 13.9. The molecule has 0 saturated carbocycles. The van der Waals surface area contributed by atoms with E-state index in [0.717, 1.165) is 18.4 Å². The average molecular weight is 403 g/mol. The highest BCUT2D eigenvalue weighted by atomic mass is 19.1. The number of amides is 1. The minimum Gasteiger partial charge on any atom is -0.481 e. The average Bonchev–Trinajstić information content (AvgIpc) is 2.67. The van der Waals surface area contributed by atoms with E-state index in [9.17, 15) is 19.1 Å². The van der Waals surface area contributed by atoms with Gasteiger partial charge in [0.25, 0.3) is 0 Å². The molecule has 0 aliphatic carbocycles. The van der Waals surface area contributed by atoms with E-state index in [2.05, 4.69) is 0 Å². The Morgan fingerprint density at radius 2 is 2.17 bits per heavy atom. The fourth-order valence-electron chi connectivity index (χ4n) is 3.47. The number of benzene rings is 1. The largest absolute Gasteiger partial charge is 0.481 e. The number of aliphatic carboxylic acids is 1. The van der Waals surface area contributed by atoms with Crippen molar-refractivity contribution in [2.45, 2.75) is 64.0 Å². The van der Waals surface area contributed by atoms with E-state index in [-0.39, 0.29) is 30.6 Å². The lowest BCUT2D eigenvalue weighted by atomic mass is 9.99. The standard InChI is InChI=1S/C23H30FNO4/c1-17-10-13-21(24)18(15-17)16-20(26)12-11-19-7-6-8-22(27)25(19)14-5-3-2-4-9-23(28)29/h3,5,10-13,15,19-20,26H,2,4,6-9,14,16H2,1H3,(H,28,29)/t19-,20?/m1/s1. The summed E-state index contributed by atoms with van der Waals surface area (Å²) in [7, 11) is 0. The Labute approximate surface area is 171 Å². The van der Waals surface area contributed by atoms with Crippen LogP contribution in [0.25, 0.3) is 0 Å². The van der Waals surface area contributed by atoms with Crippen LogP contribution in [0.5, 0.6) is 0 Å². The number of allylic oxidation sites excluding steroid dienone is 1. The fraction of sp³-hybridized carbons (Fsp3) is 0.478. The number of aryl methyl sites for hydroxylation is 1. The Bertz CT molecular complexity index is 759. The summed E-state index contributed by atoms with van der Waals surface area (Å²) in [4.78, 5) is 24.6. The lowest BCUT2D eigenvalue weighted by Crippen LogP contribution is -2.42. The van der Waals surface area contributed by atoms with Crippen LogP contribution in [0.2, 0.25) is 0 Å². The number of carboxylic acids is 1. The molecule has 1 saturated heterocycles. The molecule has 0 bridgehead atoms. The van der Waals surface area contributed by atoms with Gasteiger partial charge in [-0.1, -0.05) is 42.0 Å². The minimum absolute atomic E-state index is 0.0697. The zero-order valence-corrected chi connectivity index (χ0v) is 16.9. The molecular formula is C23H30FNO4. The number of hydrogen-bond acceptors (Lipinski definition) is 3. The number of halogens is 1. The quantitative estimate of drug-likeness (QED) is 0.460. The second-order valence-corrected chi connectivity index (χ2v) is 7.51. The third-order valence-corrected chi connectivity index (χ3v) is 5.03. The smallest absolute Gasteiger partial charge is 0.303 e. The Morgan fingerprint density at radius 3 is 2.93 bits per heavy atom. The number of rotatable bonds is 10. The zero-order valence-electron chi connectivity index (χ0n) is 16.9. The van der Waals surface area contributed by atoms with Gasteiger partial charge in [0.1, 0.15) is 5.82 Å². The maximum absolute atomic E-state index is 13.9. The summed E-state index contributed by atoms with van der Waals surface area (Å²) in [5, 5.41) is 18.9. The number of aliphatic hydroxyl groups is 1. The lowest BCUT2D eigenvalue weighted by molar-refractivity contribution is -0.137. The van der Waals surface area contributed by atoms with Crippen LogP contribution >= 0.6 is 0 Å². The summed E-state index contributed by atoms with van der Waals surface area (Å²) >= 11 is 0. The third-order valence-electron chi connectivity index (χ3n) is 5.03. The van der Waals surface area contributed by atoms with Crippen molar-refractivity contribution >= 4 is 11.9 Å². The monoisotopic (exact) mass is 403 g/mol. The Morgan fingerprint density at radius 1 is 1.38 bits per heavy atom. The molecule has 0 radical (unpaired) electrons. The summed E-state index contributed by atoms with van der Waals surface area (Å²) in [6.45, 7) is 2.34. The first-order valence-electron chi connectivity index (χ1n) is 10.1. The predicted molar refractivity (Wildman–Crippen MR) is 110 cm³/mol. The SMILES string of the molecule is Cc1ccc(F)c(CC(O)C=C[C@H]2CCCC(=O)N2CC=CCCCC(=O)O)c1. The number of piperidine rings is 1. The van der Waals surface area contributed by atoms with Crippen molar-refractivity contribution in [3.8, 4) is 0 Å². The predicted octanol–water partition coefficient (Wildman–Crippen LogP) is 3.79. The van der Waals surface area contributed by atoms with Gasteiger partial charge in [-0.3, -0.25) is 9.59 Å². The Kier molecular flexibility index (Phi) is 9.06. The second kappa shape index (κ2) is 11.5. The second-order valence-electron chi connectivity index (χ2n) is 7.51. The van der Waals surface area contributed by atoms with Gasteiger partial charge in [0.05, 0.1) is 12.1 Å². The van der Waals surface area contributed by atoms with Gasteiger partial charge in [0.15, 0.2) is 0 Å². The highest BCUT2D eigenvalue weighted by Gasteiger charge is 2.25. The fourth-order valence-corrected chi connectivity index (χ4v) is 3.47. The van der Waals surface area contributed by atoms with E-state index < -0.39 is 12.1 Å². The van der Waals surface area contributed by atoms with Crippen molar-refractivity contribution in [1.29, 1.82) is 0 Å². The molecule has 1 aliphatic heterocycles. The van der Waals surface area contributed by atoms with Crippen LogP contribution in [-0.2, 0) is 16.0 Å². The number of aliphatic hydroxyl groups excluding tert-OH is 1. The number of nitrogens with zero attached hydrogens (tertiary/aromatic N) is 1. The van der Waals surface area contributed by atoms with Crippen LogP contribution in [0.4, 0.5) is 4.39 Å². The molecule has 0 spiro atoms. The van der Waals surface area contributed by atoms with Crippen molar-refractivity contribution in [3.63, 3.8) is 0 Å². The number of unbranched alkanes of at least 4 members (excludes halogenated alkanes) is 1. The lowest BCUT2D eigenvalue weighted by Gasteiger charge is -2.33. The molecule has 1 heterocycles. The molecule has 1 aromatic rings. The molecule has 5 nitrogen and oxygen atoms in total. The number of carbonyl (C=O) groups excluding carboxylic acids is 1. The van der Waals surface area contributed by atoms with Crippen LogP contribution < -0.4 is 0 Å². The topological polar surface area (TPSA) is 77.8 Å². The van der Waals surface area contributed by atoms with E-state index >= 15 is 0 Å². The maximum atomic E-state index is 13.9. The first kappa shape index (κ1) is 22.8. The van der Waals surface area contributed by atoms with Gasteiger partial charge >= 0.3 is 5.97 Å². The highest BCUT2D eigenvalue weighted by Crippen LogP contribution is 2.20. The molecule has 6 heteroatoms. The third kappa shape index (κ3) is 7.81. The van der Waals surface area contributed by atoms with Crippen LogP contribution in [0.3, 0.4) is 0 Å². The van der Waals surface area contributed by atoms with Gasteiger partial charge in [-0.2, -0.15) is 0 Å². The summed E-state index contributed by atoms with van der Waals surface area (Å²) in [6.07, 6.45) is 10.2. The molecule has 2 N–H and O–H groups in total. The Balaban J connectivity index is 1.91. The molecule has 2 rings (SSSR count). The number of carboxylic acid groups (broad SMARTS) is 1. The van der Waals surface area contributed by atoms with Crippen LogP contribution in [0.15, 0.2) is 42.5 Å². The Hall–Kier alpha value is -2.47. The summed E-state index contributed by atoms with van der Waals surface area (Å²) in [5.41, 5.74) is 1.42. The molecule has 2 atom stereocenters. The first-order valence-corrected chi connectivity index (χ1v) is 10.1. The van der Waals surface area contributed by atoms with Gasteiger partial charge in [-0.05, 0) is 44.2 Å². The van der Waals surface area contributed by atoms with E-state index in [0.29, 0.717) is 31.4 Å². The summed E-state index contributed by atoms with van der Waals surface area (Å²) in [6, 6.07) is 4.74. The van der Waals surface area contributed by atoms with Crippen molar-refractivity contribution in [2.75, 3.05) is 6.54 Å².